The third-order valence-corrected chi connectivity index (χ3v) is 12.5. The van der Waals surface area contributed by atoms with Crippen LogP contribution in [0.15, 0.2) is 122 Å². The normalized spacial score (nSPS) is 22.0. The number of aliphatic hydroxyl groups is 1. The molecule has 1 aromatic heterocycles. The van der Waals surface area contributed by atoms with Crippen LogP contribution in [0.4, 0.5) is 0 Å². The molecule has 10 heteroatoms. The van der Waals surface area contributed by atoms with Crippen molar-refractivity contribution in [3.63, 3.8) is 0 Å². The van der Waals surface area contributed by atoms with Gasteiger partial charge in [-0.1, -0.05) is 116 Å². The van der Waals surface area contributed by atoms with Crippen LogP contribution in [0.3, 0.4) is 0 Å². The predicted octanol–water partition coefficient (Wildman–Crippen LogP) is 8.41. The van der Waals surface area contributed by atoms with Gasteiger partial charge in [0.05, 0.1) is 36.7 Å². The minimum atomic E-state index is -0.420. The first-order valence-electron chi connectivity index (χ1n) is 21.3. The van der Waals surface area contributed by atoms with Crippen LogP contribution >= 0.6 is 0 Å². The second kappa shape index (κ2) is 21.6. The molecule has 4 heterocycles. The summed E-state index contributed by atoms with van der Waals surface area (Å²) in [6.07, 6.45) is 11.3. The summed E-state index contributed by atoms with van der Waals surface area (Å²) in [6, 6.07) is 38.5. The van der Waals surface area contributed by atoms with Gasteiger partial charge in [-0.2, -0.15) is 0 Å². The van der Waals surface area contributed by atoms with Gasteiger partial charge in [0.15, 0.2) is 6.29 Å². The number of aromatic amines is 1. The van der Waals surface area contributed by atoms with Crippen LogP contribution in [0.5, 0.6) is 0 Å². The average molecular weight is 811 g/mol. The molecule has 3 aliphatic heterocycles. The number of carbonyl (C=O) groups is 2. The lowest BCUT2D eigenvalue weighted by molar-refractivity contribution is -0.135. The lowest BCUT2D eigenvalue weighted by Crippen LogP contribution is -2.46. The molecule has 316 valence electrons. The van der Waals surface area contributed by atoms with E-state index in [2.05, 4.69) is 94.8 Å². The Hall–Kier alpha value is -5.55. The summed E-state index contributed by atoms with van der Waals surface area (Å²) in [4.78, 5) is 35.6. The first kappa shape index (κ1) is 44.0. The molecular weight excluding hydrogens is 749 g/mol. The zero-order chi connectivity index (χ0) is 42.4. The fraction of sp³-hybridized carbons (Fsp3) is 0.380. The van der Waals surface area contributed by atoms with E-state index in [-0.39, 0.29) is 5.91 Å². The Bertz CT molecular complexity index is 2100. The molecule has 2 bridgehead atoms. The molecule has 3 unspecified atom stereocenters. The van der Waals surface area contributed by atoms with Gasteiger partial charge in [-0.3, -0.25) is 9.69 Å². The number of hydrogen-bond donors (Lipinski definition) is 4. The lowest BCUT2D eigenvalue weighted by Gasteiger charge is -2.38. The van der Waals surface area contributed by atoms with Crippen LogP contribution in [0.1, 0.15) is 80.6 Å². The van der Waals surface area contributed by atoms with Gasteiger partial charge in [0.1, 0.15) is 11.9 Å². The van der Waals surface area contributed by atoms with Crippen LogP contribution in [-0.4, -0.2) is 83.6 Å². The summed E-state index contributed by atoms with van der Waals surface area (Å²) in [6.45, 7) is 6.14. The number of rotatable bonds is 9. The first-order valence-corrected chi connectivity index (χ1v) is 21.3. The number of methoxy groups -OCH3 is 1. The molecule has 1 aliphatic carbocycles. The maximum absolute atomic E-state index is 12.2. The molecule has 1 amide bonds. The molecule has 60 heavy (non-hydrogen) atoms. The number of hydrogen-bond acceptors (Lipinski definition) is 8. The number of H-pyrrole nitrogens is 1. The fourth-order valence-corrected chi connectivity index (χ4v) is 8.95. The van der Waals surface area contributed by atoms with Crippen molar-refractivity contribution in [1.29, 1.82) is 0 Å². The Morgan fingerprint density at radius 3 is 2.08 bits per heavy atom. The molecule has 6 atom stereocenters. The predicted molar refractivity (Wildman–Crippen MR) is 240 cm³/mol. The Kier molecular flexibility index (Phi) is 15.9. The number of nitrogens with one attached hydrogen (secondary N) is 3. The minimum Gasteiger partial charge on any atom is -0.400 e. The van der Waals surface area contributed by atoms with Crippen molar-refractivity contribution < 1.29 is 19.4 Å². The monoisotopic (exact) mass is 810 g/mol. The molecule has 2 saturated heterocycles. The number of nitrogens with zero attached hydrogens (tertiary/aromatic N) is 3. The number of amides is 1. The molecule has 5 aromatic rings. The SMILES string of the molecule is CN1C(c2ncc(-c3ccc(-c4ccc(C5=CNCN5)cc4)cc3)[nH]2)C2CC[C@@H]1C2.CO.COC(C=O)c1ccccc1.C[C@@H]1CCCN(C(=O)Cc2ccccc2)[C@@H]1C. The second-order valence-electron chi connectivity index (χ2n) is 16.1. The molecule has 4 aliphatic rings. The third kappa shape index (κ3) is 10.8. The molecule has 3 fully saturated rings. The van der Waals surface area contributed by atoms with E-state index in [4.69, 9.17) is 14.8 Å². The van der Waals surface area contributed by atoms with E-state index in [1.54, 1.807) is 0 Å². The summed E-state index contributed by atoms with van der Waals surface area (Å²) in [7, 11) is 4.78. The standard InChI is InChI=1S/C25H27N5.C15H21NO.C9H10O2.CH4O/c1-30-21-11-10-20(12-21)24(30)25-27-14-23(29-25)19-8-4-17(5-9-19)16-2-6-18(7-3-16)22-13-26-15-28-22;1-12-7-6-10-16(13(12)2)15(17)11-14-8-4-3-5-9-14;1-11-9(7-10)8-5-3-2-4-6-8;1-2/h2-9,13-14,20-21,24,26,28H,10-12,15H2,1H3,(H,27,29);3-5,8-9,12-13H,6-7,10-11H2,1-2H3;2-7,9H,1H3;2H,1H3/t20?,21-,24?;12-,13-;;/m11../s1. The average Bonchev–Trinajstić information content (AvgIpc) is 4.15. The topological polar surface area (TPSA) is 123 Å². The van der Waals surface area contributed by atoms with Crippen molar-refractivity contribution in [3.8, 4) is 22.4 Å². The van der Waals surface area contributed by atoms with Crippen molar-refractivity contribution in [1.82, 2.24) is 30.4 Å². The molecule has 1 saturated carbocycles. The van der Waals surface area contributed by atoms with Gasteiger partial charge in [-0.15, -0.1) is 0 Å². The zero-order valence-electron chi connectivity index (χ0n) is 35.8. The molecular formula is C50H62N6O4. The summed E-state index contributed by atoms with van der Waals surface area (Å²) < 4.78 is 4.92. The number of benzene rings is 4. The fourth-order valence-electron chi connectivity index (χ4n) is 8.95. The molecule has 10 nitrogen and oxygen atoms in total. The number of aliphatic hydroxyl groups excluding tert-OH is 1. The van der Waals surface area contributed by atoms with Gasteiger partial charge in [0.25, 0.3) is 0 Å². The van der Waals surface area contributed by atoms with E-state index in [1.165, 1.54) is 55.0 Å². The largest absolute Gasteiger partial charge is 0.400 e. The highest BCUT2D eigenvalue weighted by atomic mass is 16.5. The molecule has 4 aromatic carbocycles. The second-order valence-corrected chi connectivity index (χ2v) is 16.1. The van der Waals surface area contributed by atoms with Crippen LogP contribution < -0.4 is 10.6 Å². The third-order valence-electron chi connectivity index (χ3n) is 12.5. The van der Waals surface area contributed by atoms with Crippen LogP contribution in [-0.2, 0) is 20.7 Å². The number of ether oxygens (including phenoxy) is 1. The van der Waals surface area contributed by atoms with Crippen molar-refractivity contribution in [3.05, 3.63) is 144 Å². The summed E-state index contributed by atoms with van der Waals surface area (Å²) in [5.74, 6) is 2.79. The first-order chi connectivity index (χ1) is 29.3. The van der Waals surface area contributed by atoms with E-state index in [1.807, 2.05) is 73.1 Å². The number of piperidine rings is 2. The van der Waals surface area contributed by atoms with Gasteiger partial charge in [0.2, 0.25) is 5.91 Å². The van der Waals surface area contributed by atoms with E-state index in [0.29, 0.717) is 24.4 Å². The van der Waals surface area contributed by atoms with Gasteiger partial charge >= 0.3 is 0 Å². The van der Waals surface area contributed by atoms with Gasteiger partial charge in [-0.25, -0.2) is 4.98 Å². The Morgan fingerprint density at radius 1 is 0.867 bits per heavy atom. The van der Waals surface area contributed by atoms with Crippen LogP contribution in [0, 0.1) is 11.8 Å². The highest BCUT2D eigenvalue weighted by molar-refractivity contribution is 5.79. The Morgan fingerprint density at radius 2 is 1.50 bits per heavy atom. The molecule has 0 spiro atoms. The maximum atomic E-state index is 12.2. The number of imidazole rings is 1. The summed E-state index contributed by atoms with van der Waals surface area (Å²) in [5, 5.41) is 13.5. The molecule has 4 N–H and O–H groups in total. The van der Waals surface area contributed by atoms with Gasteiger partial charge < -0.3 is 35.2 Å². The number of aromatic nitrogens is 2. The quantitative estimate of drug-likeness (QED) is 0.110. The highest BCUT2D eigenvalue weighted by Crippen LogP contribution is 2.48. The van der Waals surface area contributed by atoms with E-state index in [0.717, 1.165) is 73.3 Å². The number of carbonyl (C=O) groups excluding carboxylic acids is 2. The minimum absolute atomic E-state index is 0.273. The van der Waals surface area contributed by atoms with E-state index < -0.39 is 6.10 Å². The van der Waals surface area contributed by atoms with Gasteiger partial charge in [-0.05, 0) is 91.3 Å². The number of fused-ring (bicyclic) bond motifs is 2. The maximum Gasteiger partial charge on any atom is 0.227 e. The van der Waals surface area contributed by atoms with Crippen molar-refractivity contribution in [2.45, 2.75) is 76.6 Å². The Balaban J connectivity index is 0.000000170. The van der Waals surface area contributed by atoms with Gasteiger partial charge in [0, 0.05) is 39.0 Å². The lowest BCUT2D eigenvalue weighted by atomic mass is 9.91. The number of likely N-dealkylation sites (tertiary alicyclic amines) is 2. The van der Waals surface area contributed by atoms with Crippen molar-refractivity contribution in [2.75, 3.05) is 34.5 Å². The smallest absolute Gasteiger partial charge is 0.227 e. The molecule has 0 radical (unpaired) electrons. The van der Waals surface area contributed by atoms with E-state index in [9.17, 15) is 9.59 Å². The van der Waals surface area contributed by atoms with Crippen molar-refractivity contribution >= 4 is 17.9 Å². The van der Waals surface area contributed by atoms with Crippen LogP contribution in [0.2, 0.25) is 0 Å². The summed E-state index contributed by atoms with van der Waals surface area (Å²) in [5.41, 5.74) is 9.10. The highest BCUT2D eigenvalue weighted by Gasteiger charge is 2.45. The Labute approximate surface area is 356 Å². The van der Waals surface area contributed by atoms with E-state index >= 15 is 0 Å². The van der Waals surface area contributed by atoms with Crippen molar-refractivity contribution in [2.24, 2.45) is 11.8 Å². The summed E-state index contributed by atoms with van der Waals surface area (Å²) >= 11 is 0. The zero-order valence-corrected chi connectivity index (χ0v) is 35.8. The van der Waals surface area contributed by atoms with Crippen LogP contribution in [0.25, 0.3) is 28.1 Å². The number of aldehydes is 1. The molecule has 9 rings (SSSR count).